The highest BCUT2D eigenvalue weighted by Gasteiger charge is 2.67. The summed E-state index contributed by atoms with van der Waals surface area (Å²) in [6.45, 7) is 10.6. The largest absolute Gasteiger partial charge is 0.396 e. The van der Waals surface area contributed by atoms with Gasteiger partial charge in [-0.25, -0.2) is 0 Å². The highest BCUT2D eigenvalue weighted by molar-refractivity contribution is 5.32. The molecule has 0 amide bonds. The van der Waals surface area contributed by atoms with Gasteiger partial charge in [0.05, 0.1) is 18.3 Å². The van der Waals surface area contributed by atoms with Crippen LogP contribution in [-0.4, -0.2) is 69.5 Å². The van der Waals surface area contributed by atoms with Crippen molar-refractivity contribution in [2.75, 3.05) is 46.1 Å². The first-order chi connectivity index (χ1) is 22.3. The van der Waals surface area contributed by atoms with Crippen LogP contribution in [0.3, 0.4) is 0 Å². The Balaban J connectivity index is 1.61. The lowest BCUT2D eigenvalue weighted by Gasteiger charge is -2.64. The molecule has 0 heterocycles. The Morgan fingerprint density at radius 3 is 2.09 bits per heavy atom. The van der Waals surface area contributed by atoms with Gasteiger partial charge in [0, 0.05) is 72.1 Å². The van der Waals surface area contributed by atoms with E-state index in [9.17, 15) is 5.11 Å². The third-order valence-corrected chi connectivity index (χ3v) is 12.0. The van der Waals surface area contributed by atoms with Crippen molar-refractivity contribution < 1.29 is 19.3 Å². The molecule has 0 saturated heterocycles. The van der Waals surface area contributed by atoms with E-state index in [2.05, 4.69) is 50.8 Å². The van der Waals surface area contributed by atoms with Gasteiger partial charge in [-0.3, -0.25) is 0 Å². The van der Waals surface area contributed by atoms with E-state index in [1.807, 2.05) is 0 Å². The van der Waals surface area contributed by atoms with Crippen molar-refractivity contribution in [3.63, 3.8) is 0 Å². The van der Waals surface area contributed by atoms with Crippen LogP contribution in [-0.2, 0) is 14.2 Å². The summed E-state index contributed by atoms with van der Waals surface area (Å²) in [6, 6.07) is 0. The molecule has 0 bridgehead atoms. The van der Waals surface area contributed by atoms with Crippen molar-refractivity contribution in [3.05, 3.63) is 43.2 Å². The number of hydrogen-bond donors (Lipinski definition) is 1. The molecule has 0 aliphatic heterocycles. The Labute approximate surface area is 274 Å². The predicted octanol–water partition coefficient (Wildman–Crippen LogP) is 8.45. The molecular weight excluding hydrogens is 586 g/mol. The molecule has 0 aromatic heterocycles. The number of ether oxygens (including phenoxy) is 3. The van der Waals surface area contributed by atoms with Gasteiger partial charge in [-0.1, -0.05) is 36.1 Å². The summed E-state index contributed by atoms with van der Waals surface area (Å²) in [5.41, 5.74) is 26.1. The molecule has 4 aliphatic rings. The highest BCUT2D eigenvalue weighted by atomic mass is 16.5. The van der Waals surface area contributed by atoms with Crippen molar-refractivity contribution >= 4 is 0 Å². The molecule has 46 heavy (non-hydrogen) atoms. The van der Waals surface area contributed by atoms with Crippen molar-refractivity contribution in [2.24, 2.45) is 49.8 Å². The Kier molecular flexibility index (Phi) is 14.2. The summed E-state index contributed by atoms with van der Waals surface area (Å²) >= 11 is 0. The number of hydrogen-bond acceptors (Lipinski definition) is 7. The second-order valence-corrected chi connectivity index (χ2v) is 14.3. The zero-order valence-electron chi connectivity index (χ0n) is 28.2. The maximum atomic E-state index is 9.62. The third-order valence-electron chi connectivity index (χ3n) is 12.0. The Bertz CT molecular complexity index is 1110. The molecular formula is C33H55N9O4. The molecule has 0 aromatic carbocycles. The Hall–Kier alpha value is -2.23. The zero-order chi connectivity index (χ0) is 33.0. The van der Waals surface area contributed by atoms with Crippen molar-refractivity contribution in [2.45, 2.75) is 116 Å². The maximum Gasteiger partial charge on any atom is 0.0649 e. The molecule has 2 radical (unpaired) electrons. The third kappa shape index (κ3) is 8.24. The van der Waals surface area contributed by atoms with Gasteiger partial charge in [-0.15, -0.1) is 0 Å². The van der Waals surface area contributed by atoms with E-state index in [4.69, 9.17) is 30.8 Å². The monoisotopic (exact) mass is 641 g/mol. The van der Waals surface area contributed by atoms with E-state index in [0.29, 0.717) is 76.0 Å². The number of rotatable bonds is 19. The molecule has 13 heteroatoms. The minimum Gasteiger partial charge on any atom is -0.396 e. The minimum absolute atomic E-state index is 0.0181. The summed E-state index contributed by atoms with van der Waals surface area (Å²) in [5.74, 6) is 4.80. The van der Waals surface area contributed by atoms with Crippen LogP contribution in [0.25, 0.3) is 31.3 Å². The van der Waals surface area contributed by atoms with E-state index in [1.54, 1.807) is 5.92 Å². The summed E-state index contributed by atoms with van der Waals surface area (Å²) in [4.78, 5) is 8.69. The fraction of sp³-hybridized carbons (Fsp3) is 0.939. The van der Waals surface area contributed by atoms with E-state index in [-0.39, 0.29) is 35.7 Å². The van der Waals surface area contributed by atoms with Gasteiger partial charge >= 0.3 is 0 Å². The molecule has 0 spiro atoms. The Morgan fingerprint density at radius 2 is 1.46 bits per heavy atom. The first-order valence-electron chi connectivity index (χ1n) is 17.5. The van der Waals surface area contributed by atoms with Gasteiger partial charge < -0.3 is 19.3 Å². The molecule has 9 atom stereocenters. The average Bonchev–Trinajstić information content (AvgIpc) is 3.41. The molecule has 4 saturated carbocycles. The van der Waals surface area contributed by atoms with Crippen molar-refractivity contribution in [1.29, 1.82) is 0 Å². The minimum atomic E-state index is -0.0496. The predicted molar refractivity (Wildman–Crippen MR) is 176 cm³/mol. The molecule has 4 rings (SSSR count). The molecule has 4 aliphatic carbocycles. The standard InChI is InChI=1S/C33H55N9O4/c1-23(8-4-16-43)26-9-10-27-31-28(22-30(33(26,27)3)46-19-7-15-39-42-36)32(2)12-11-25(44-17-5-13-37-40-34)20-24(32)21-29(31)45-18-6-14-38-41-35/h23,25-30,43H,4-22H2,1-3H3. The Morgan fingerprint density at radius 1 is 0.826 bits per heavy atom. The van der Waals surface area contributed by atoms with Crippen LogP contribution in [0.2, 0.25) is 0 Å². The first kappa shape index (κ1) is 36.6. The number of aliphatic hydroxyl groups excluding tert-OH is 1. The highest BCUT2D eigenvalue weighted by Crippen LogP contribution is 2.70. The van der Waals surface area contributed by atoms with E-state index >= 15 is 0 Å². The smallest absolute Gasteiger partial charge is 0.0649 e. The van der Waals surface area contributed by atoms with E-state index < -0.39 is 0 Å². The fourth-order valence-corrected chi connectivity index (χ4v) is 9.76. The summed E-state index contributed by atoms with van der Waals surface area (Å²) in [7, 11) is 0. The first-order valence-corrected chi connectivity index (χ1v) is 17.5. The van der Waals surface area contributed by atoms with Gasteiger partial charge in [-0.05, 0) is 129 Å². The van der Waals surface area contributed by atoms with Crippen molar-refractivity contribution in [1.82, 2.24) is 0 Å². The van der Waals surface area contributed by atoms with Gasteiger partial charge in [-0.2, -0.15) is 0 Å². The number of aliphatic hydroxyl groups is 1. The van der Waals surface area contributed by atoms with Crippen molar-refractivity contribution in [3.8, 4) is 0 Å². The normalized spacial score (nSPS) is 34.7. The summed E-state index contributed by atoms with van der Waals surface area (Å²) < 4.78 is 20.0. The van der Waals surface area contributed by atoms with Gasteiger partial charge in [0.1, 0.15) is 0 Å². The molecule has 256 valence electrons. The number of nitrogens with zero attached hydrogens (tertiary/aromatic N) is 9. The summed E-state index contributed by atoms with van der Waals surface area (Å²) in [6.07, 6.45) is 11.3. The van der Waals surface area contributed by atoms with Crippen LogP contribution in [0.1, 0.15) is 97.8 Å². The SMILES string of the molecule is CC(CCCO)C1CCC2[C]3C(OCCCN=[N+]=[N-])C[C]4CC(OCCCN=[N+]=[N-])CCC4(C)C3CC(OCCCN=[N+]=[N-])C21C. The quantitative estimate of drug-likeness (QED) is 0.0639. The van der Waals surface area contributed by atoms with E-state index in [0.717, 1.165) is 64.2 Å². The lowest BCUT2D eigenvalue weighted by molar-refractivity contribution is -0.152. The number of fused-ring (bicyclic) bond motifs is 5. The molecule has 0 aromatic rings. The second kappa shape index (κ2) is 17.8. The van der Waals surface area contributed by atoms with Gasteiger partial charge in [0.2, 0.25) is 0 Å². The van der Waals surface area contributed by atoms with Gasteiger partial charge in [0.25, 0.3) is 0 Å². The molecule has 1 N–H and O–H groups in total. The summed E-state index contributed by atoms with van der Waals surface area (Å²) in [5, 5.41) is 20.7. The van der Waals surface area contributed by atoms with Gasteiger partial charge in [0.15, 0.2) is 0 Å². The molecule has 13 nitrogen and oxygen atoms in total. The zero-order valence-corrected chi connectivity index (χ0v) is 28.2. The van der Waals surface area contributed by atoms with Crippen LogP contribution in [0, 0.1) is 46.3 Å². The maximum absolute atomic E-state index is 9.62. The van der Waals surface area contributed by atoms with Crippen LogP contribution in [0.4, 0.5) is 0 Å². The van der Waals surface area contributed by atoms with Crippen LogP contribution < -0.4 is 0 Å². The van der Waals surface area contributed by atoms with Crippen LogP contribution in [0.15, 0.2) is 15.3 Å². The lowest BCUT2D eigenvalue weighted by Crippen LogP contribution is -2.62. The topological polar surface area (TPSA) is 194 Å². The van der Waals surface area contributed by atoms with Crippen LogP contribution in [0.5, 0.6) is 0 Å². The average molecular weight is 642 g/mol. The second-order valence-electron chi connectivity index (χ2n) is 14.3. The molecule has 9 unspecified atom stereocenters. The number of azide groups is 3. The fourth-order valence-electron chi connectivity index (χ4n) is 9.76. The van der Waals surface area contributed by atoms with E-state index in [1.165, 1.54) is 5.92 Å². The lowest BCUT2D eigenvalue weighted by atomic mass is 9.43. The molecule has 4 fully saturated rings. The van der Waals surface area contributed by atoms with Crippen LogP contribution >= 0.6 is 0 Å².